The van der Waals surface area contributed by atoms with Crippen LogP contribution in [-0.2, 0) is 4.79 Å². The third-order valence-electron chi connectivity index (χ3n) is 5.44. The number of carboxylic acid groups (broad SMARTS) is 1. The van der Waals surface area contributed by atoms with E-state index in [9.17, 15) is 14.4 Å². The average Bonchev–Trinajstić information content (AvgIpc) is 2.90. The molecule has 7 nitrogen and oxygen atoms in total. The van der Waals surface area contributed by atoms with Crippen molar-refractivity contribution in [2.45, 2.75) is 6.42 Å². The van der Waals surface area contributed by atoms with Crippen LogP contribution in [0, 0.1) is 11.8 Å². The molecule has 7 heteroatoms. The molecule has 4 rings (SSSR count). The fourth-order valence-electron chi connectivity index (χ4n) is 3.49. The highest BCUT2D eigenvalue weighted by Crippen LogP contribution is 2.23. The highest BCUT2D eigenvalue weighted by Gasteiger charge is 2.12. The summed E-state index contributed by atoms with van der Waals surface area (Å²) in [5.41, 5.74) is 4.84. The zero-order valence-electron chi connectivity index (χ0n) is 18.9. The maximum atomic E-state index is 12.4. The normalized spacial score (nSPS) is 10.3. The van der Waals surface area contributed by atoms with Crippen molar-refractivity contribution in [1.29, 1.82) is 0 Å². The second kappa shape index (κ2) is 10.4. The van der Waals surface area contributed by atoms with Crippen LogP contribution in [0.4, 0.5) is 0 Å². The fraction of sp³-hybridized carbons (Fsp3) is 0.107. The Morgan fingerprint density at radius 1 is 1.00 bits per heavy atom. The molecule has 172 valence electrons. The molecule has 0 radical (unpaired) electrons. The Hall–Kier alpha value is -4.83. The number of amides is 1. The number of aldehydes is 1. The zero-order valence-corrected chi connectivity index (χ0v) is 18.9. The van der Waals surface area contributed by atoms with Gasteiger partial charge in [-0.1, -0.05) is 24.0 Å². The Labute approximate surface area is 202 Å². The van der Waals surface area contributed by atoms with Crippen molar-refractivity contribution < 1.29 is 19.5 Å². The van der Waals surface area contributed by atoms with Crippen LogP contribution in [0.5, 0.6) is 0 Å². The van der Waals surface area contributed by atoms with E-state index in [2.05, 4.69) is 21.8 Å². The highest BCUT2D eigenvalue weighted by molar-refractivity contribution is 5.97. The molecule has 0 atom stereocenters. The van der Waals surface area contributed by atoms with E-state index >= 15 is 0 Å². The summed E-state index contributed by atoms with van der Waals surface area (Å²) in [7, 11) is 1.58. The summed E-state index contributed by atoms with van der Waals surface area (Å²) < 4.78 is 0. The Morgan fingerprint density at radius 3 is 2.29 bits per heavy atom. The summed E-state index contributed by atoms with van der Waals surface area (Å²) in [5, 5.41) is 9.48. The van der Waals surface area contributed by atoms with Crippen LogP contribution in [0.3, 0.4) is 0 Å². The van der Waals surface area contributed by atoms with Gasteiger partial charge in [0, 0.05) is 59.2 Å². The monoisotopic (exact) mass is 463 g/mol. The van der Waals surface area contributed by atoms with Gasteiger partial charge in [-0.2, -0.15) is 0 Å². The second-order valence-electron chi connectivity index (χ2n) is 7.88. The molecule has 2 aromatic carbocycles. The SMILES string of the molecule is CN(CCC(=O)O)C(=O)c1ccc(C#Cc2ccc(-c3cc(C=O)c4cnccc4n3)cc2)cc1. The molecule has 2 aromatic heterocycles. The molecular formula is C28H21N3O4. The van der Waals surface area contributed by atoms with Gasteiger partial charge in [-0.25, -0.2) is 4.98 Å². The van der Waals surface area contributed by atoms with Crippen LogP contribution in [0.2, 0.25) is 0 Å². The predicted octanol–water partition coefficient (Wildman–Crippen LogP) is 4.06. The number of nitrogens with zero attached hydrogens (tertiary/aromatic N) is 3. The largest absolute Gasteiger partial charge is 0.481 e. The van der Waals surface area contributed by atoms with Crippen LogP contribution >= 0.6 is 0 Å². The van der Waals surface area contributed by atoms with Gasteiger partial charge < -0.3 is 10.0 Å². The van der Waals surface area contributed by atoms with Crippen LogP contribution in [0.1, 0.15) is 38.3 Å². The minimum atomic E-state index is -0.944. The van der Waals surface area contributed by atoms with Crippen LogP contribution in [0.25, 0.3) is 22.2 Å². The topological polar surface area (TPSA) is 100 Å². The van der Waals surface area contributed by atoms with E-state index in [0.29, 0.717) is 27.7 Å². The summed E-state index contributed by atoms with van der Waals surface area (Å²) in [4.78, 5) is 44.7. The van der Waals surface area contributed by atoms with Crippen molar-refractivity contribution in [3.8, 4) is 23.1 Å². The summed E-state index contributed by atoms with van der Waals surface area (Å²) in [6.07, 6.45) is 3.99. The predicted molar refractivity (Wildman–Crippen MR) is 132 cm³/mol. The van der Waals surface area contributed by atoms with Gasteiger partial charge in [-0.15, -0.1) is 0 Å². The number of benzene rings is 2. The molecule has 0 fully saturated rings. The minimum Gasteiger partial charge on any atom is -0.481 e. The van der Waals surface area contributed by atoms with E-state index in [-0.39, 0.29) is 18.9 Å². The summed E-state index contributed by atoms with van der Waals surface area (Å²) in [6.45, 7) is 0.147. The maximum Gasteiger partial charge on any atom is 0.305 e. The maximum absolute atomic E-state index is 12.4. The van der Waals surface area contributed by atoms with Crippen LogP contribution < -0.4 is 0 Å². The Kier molecular flexibility index (Phi) is 6.94. The number of rotatable bonds is 6. The van der Waals surface area contributed by atoms with Crippen LogP contribution in [-0.4, -0.2) is 51.7 Å². The lowest BCUT2D eigenvalue weighted by Gasteiger charge is -2.15. The van der Waals surface area contributed by atoms with Gasteiger partial charge in [0.1, 0.15) is 0 Å². The molecule has 2 heterocycles. The number of aromatic nitrogens is 2. The van der Waals surface area contributed by atoms with Crippen molar-refractivity contribution in [3.63, 3.8) is 0 Å². The first kappa shape index (κ1) is 23.3. The number of carbonyl (C=O) groups is 3. The second-order valence-corrected chi connectivity index (χ2v) is 7.88. The molecule has 0 bridgehead atoms. The molecule has 0 saturated carbocycles. The Morgan fingerprint density at radius 2 is 1.66 bits per heavy atom. The third kappa shape index (κ3) is 5.57. The van der Waals surface area contributed by atoms with Gasteiger partial charge in [0.15, 0.2) is 6.29 Å². The number of hydrogen-bond donors (Lipinski definition) is 1. The summed E-state index contributed by atoms with van der Waals surface area (Å²) in [5.74, 6) is 4.99. The number of pyridine rings is 2. The van der Waals surface area contributed by atoms with Gasteiger partial charge >= 0.3 is 5.97 Å². The molecule has 1 amide bonds. The third-order valence-corrected chi connectivity index (χ3v) is 5.44. The van der Waals surface area contributed by atoms with Crippen LogP contribution in [0.15, 0.2) is 73.1 Å². The zero-order chi connectivity index (χ0) is 24.8. The Balaban J connectivity index is 1.48. The van der Waals surface area contributed by atoms with Crippen molar-refractivity contribution >= 4 is 29.1 Å². The smallest absolute Gasteiger partial charge is 0.305 e. The van der Waals surface area contributed by atoms with E-state index in [0.717, 1.165) is 23.0 Å². The van der Waals surface area contributed by atoms with E-state index in [1.54, 1.807) is 55.8 Å². The quantitative estimate of drug-likeness (QED) is 0.342. The van der Waals surface area contributed by atoms with E-state index < -0.39 is 5.97 Å². The highest BCUT2D eigenvalue weighted by atomic mass is 16.4. The lowest BCUT2D eigenvalue weighted by Crippen LogP contribution is -2.28. The van der Waals surface area contributed by atoms with Gasteiger partial charge in [0.25, 0.3) is 5.91 Å². The van der Waals surface area contributed by atoms with Gasteiger partial charge in [0.2, 0.25) is 0 Å². The van der Waals surface area contributed by atoms with Crippen molar-refractivity contribution in [2.75, 3.05) is 13.6 Å². The molecule has 35 heavy (non-hydrogen) atoms. The minimum absolute atomic E-state index is 0.1000. The number of aliphatic carboxylic acids is 1. The number of carboxylic acids is 1. The molecule has 0 aliphatic rings. The average molecular weight is 463 g/mol. The molecule has 0 aliphatic heterocycles. The molecule has 0 saturated heterocycles. The molecule has 0 aliphatic carbocycles. The summed E-state index contributed by atoms with van der Waals surface area (Å²) >= 11 is 0. The van der Waals surface area contributed by atoms with E-state index in [1.165, 1.54) is 4.90 Å². The fourth-order valence-corrected chi connectivity index (χ4v) is 3.49. The lowest BCUT2D eigenvalue weighted by molar-refractivity contribution is -0.137. The van der Waals surface area contributed by atoms with Gasteiger partial charge in [-0.05, 0) is 48.5 Å². The molecule has 1 N–H and O–H groups in total. The van der Waals surface area contributed by atoms with E-state index in [1.807, 2.05) is 24.3 Å². The molecule has 0 unspecified atom stereocenters. The Bertz CT molecular complexity index is 1470. The number of hydrogen-bond acceptors (Lipinski definition) is 5. The number of fused-ring (bicyclic) bond motifs is 1. The molecule has 4 aromatic rings. The van der Waals surface area contributed by atoms with Crippen molar-refractivity contribution in [3.05, 3.63) is 95.3 Å². The standard InChI is InChI=1S/C28H21N3O4/c1-31(15-13-27(33)34)28(35)22-10-6-20(7-11-22)3-2-19-4-8-21(9-5-19)26-16-23(18-32)24-17-29-14-12-25(24)30-26/h4-12,14,16-18H,13,15H2,1H3,(H,33,34). The molecule has 0 spiro atoms. The molecular weight excluding hydrogens is 442 g/mol. The summed E-state index contributed by atoms with van der Waals surface area (Å²) in [6, 6.07) is 18.0. The number of carbonyl (C=O) groups excluding carboxylic acids is 2. The van der Waals surface area contributed by atoms with E-state index in [4.69, 9.17) is 5.11 Å². The van der Waals surface area contributed by atoms with Gasteiger partial charge in [-0.3, -0.25) is 19.4 Å². The first-order valence-electron chi connectivity index (χ1n) is 10.8. The van der Waals surface area contributed by atoms with Gasteiger partial charge in [0.05, 0.1) is 17.6 Å². The van der Waals surface area contributed by atoms with Crippen molar-refractivity contribution in [1.82, 2.24) is 14.9 Å². The first-order chi connectivity index (χ1) is 16.9. The van der Waals surface area contributed by atoms with Crippen molar-refractivity contribution in [2.24, 2.45) is 0 Å². The lowest BCUT2D eigenvalue weighted by atomic mass is 10.0. The first-order valence-corrected chi connectivity index (χ1v) is 10.8.